The molecule has 28 heavy (non-hydrogen) atoms. The molecule has 7 heteroatoms. The van der Waals surface area contributed by atoms with E-state index in [9.17, 15) is 13.3 Å². The normalized spacial score (nSPS) is 13.2. The number of aryl methyl sites for hydroxylation is 1. The molecule has 0 aliphatic rings. The summed E-state index contributed by atoms with van der Waals surface area (Å²) in [6, 6.07) is 11.9. The molecule has 0 aliphatic carbocycles. The van der Waals surface area contributed by atoms with Crippen LogP contribution in [0.2, 0.25) is 0 Å². The molecule has 0 bridgehead atoms. The van der Waals surface area contributed by atoms with Crippen molar-refractivity contribution in [3.05, 3.63) is 70.1 Å². The highest BCUT2D eigenvalue weighted by Crippen LogP contribution is 2.64. The molecule has 0 amide bonds. The Hall–Kier alpha value is -1.59. The molecule has 3 nitrogen and oxygen atoms in total. The number of fused-ring (bicyclic) bond motifs is 1. The predicted octanol–water partition coefficient (Wildman–Crippen LogP) is 7.04. The molecule has 1 heterocycles. The summed E-state index contributed by atoms with van der Waals surface area (Å²) >= 11 is 1.49. The zero-order chi connectivity index (χ0) is 20.3. The number of thiophene rings is 1. The molecule has 0 radical (unpaired) electrons. The van der Waals surface area contributed by atoms with Gasteiger partial charge >= 0.3 is 7.60 Å². The summed E-state index contributed by atoms with van der Waals surface area (Å²) in [6.07, 6.45) is 0.0224. The van der Waals surface area contributed by atoms with E-state index in [1.807, 2.05) is 31.2 Å². The van der Waals surface area contributed by atoms with E-state index in [1.54, 1.807) is 13.8 Å². The molecule has 0 saturated carbocycles. The van der Waals surface area contributed by atoms with Crippen molar-refractivity contribution in [3.63, 3.8) is 0 Å². The lowest BCUT2D eigenvalue weighted by molar-refractivity contribution is 0.212. The van der Waals surface area contributed by atoms with Crippen LogP contribution in [0.1, 0.15) is 35.5 Å². The summed E-state index contributed by atoms with van der Waals surface area (Å²) < 4.78 is 54.1. The zero-order valence-corrected chi connectivity index (χ0v) is 17.8. The largest absolute Gasteiger partial charge is 0.339 e. The number of halogens is 2. The lowest BCUT2D eigenvalue weighted by Crippen LogP contribution is -2.11. The Bertz CT molecular complexity index is 1010. The minimum Gasteiger partial charge on any atom is -0.308 e. The van der Waals surface area contributed by atoms with Gasteiger partial charge in [0, 0.05) is 9.58 Å². The second-order valence-corrected chi connectivity index (χ2v) is 9.70. The van der Waals surface area contributed by atoms with E-state index in [2.05, 4.69) is 0 Å². The second-order valence-electron chi connectivity index (χ2n) is 6.40. The van der Waals surface area contributed by atoms with Crippen LogP contribution in [0.3, 0.4) is 0 Å². The molecule has 150 valence electrons. The lowest BCUT2D eigenvalue weighted by Gasteiger charge is -2.26. The van der Waals surface area contributed by atoms with Crippen molar-refractivity contribution in [2.75, 3.05) is 13.2 Å². The van der Waals surface area contributed by atoms with Gasteiger partial charge in [0.1, 0.15) is 5.66 Å². The molecular weight excluding hydrogens is 401 g/mol. The zero-order valence-electron chi connectivity index (χ0n) is 16.1. The topological polar surface area (TPSA) is 35.5 Å². The Kier molecular flexibility index (Phi) is 6.66. The van der Waals surface area contributed by atoms with E-state index >= 15 is 0 Å². The van der Waals surface area contributed by atoms with E-state index in [-0.39, 0.29) is 25.2 Å². The van der Waals surface area contributed by atoms with Crippen molar-refractivity contribution in [2.45, 2.75) is 32.9 Å². The molecule has 1 unspecified atom stereocenters. The molecule has 3 rings (SSSR count). The molecular formula is C21H23F2O3PS. The third kappa shape index (κ3) is 4.06. The van der Waals surface area contributed by atoms with Crippen LogP contribution in [0.4, 0.5) is 8.78 Å². The lowest BCUT2D eigenvalue weighted by atomic mass is 10.0. The van der Waals surface area contributed by atoms with Gasteiger partial charge in [0.15, 0.2) is 11.6 Å². The van der Waals surface area contributed by atoms with Gasteiger partial charge in [-0.15, -0.1) is 11.3 Å². The van der Waals surface area contributed by atoms with E-state index in [0.29, 0.717) is 0 Å². The smallest absolute Gasteiger partial charge is 0.308 e. The predicted molar refractivity (Wildman–Crippen MR) is 110 cm³/mol. The molecule has 0 N–H and O–H groups in total. The minimum atomic E-state index is -3.61. The minimum absolute atomic E-state index is 0.0224. The summed E-state index contributed by atoms with van der Waals surface area (Å²) in [5.74, 6) is -1.85. The highest BCUT2D eigenvalue weighted by Gasteiger charge is 2.39. The highest BCUT2D eigenvalue weighted by molar-refractivity contribution is 7.54. The fourth-order valence-electron chi connectivity index (χ4n) is 3.35. The number of hydrogen-bond donors (Lipinski definition) is 0. The molecule has 2 aromatic carbocycles. The van der Waals surface area contributed by atoms with E-state index in [4.69, 9.17) is 9.05 Å². The maximum atomic E-state index is 14.4. The van der Waals surface area contributed by atoms with Gasteiger partial charge in [-0.05, 0) is 55.8 Å². The van der Waals surface area contributed by atoms with Crippen molar-refractivity contribution >= 4 is 29.0 Å². The van der Waals surface area contributed by atoms with Gasteiger partial charge in [-0.1, -0.05) is 30.3 Å². The highest BCUT2D eigenvalue weighted by atomic mass is 32.1. The monoisotopic (exact) mass is 424 g/mol. The van der Waals surface area contributed by atoms with Crippen molar-refractivity contribution in [1.29, 1.82) is 0 Å². The summed E-state index contributed by atoms with van der Waals surface area (Å²) in [4.78, 5) is 0.815. The van der Waals surface area contributed by atoms with Gasteiger partial charge in [-0.2, -0.15) is 0 Å². The van der Waals surface area contributed by atoms with E-state index in [0.717, 1.165) is 26.6 Å². The van der Waals surface area contributed by atoms with Crippen LogP contribution in [0.15, 0.2) is 42.5 Å². The van der Waals surface area contributed by atoms with Gasteiger partial charge < -0.3 is 9.05 Å². The summed E-state index contributed by atoms with van der Waals surface area (Å²) in [7, 11) is -3.61. The van der Waals surface area contributed by atoms with E-state index in [1.165, 1.54) is 23.5 Å². The van der Waals surface area contributed by atoms with Crippen LogP contribution in [0, 0.1) is 18.6 Å². The third-order valence-electron chi connectivity index (χ3n) is 4.63. The fraction of sp³-hybridized carbons (Fsp3) is 0.333. The Balaban J connectivity index is 2.16. The van der Waals surface area contributed by atoms with Crippen molar-refractivity contribution < 1.29 is 22.4 Å². The molecule has 3 aromatic rings. The Morgan fingerprint density at radius 3 is 2.36 bits per heavy atom. The first-order valence-electron chi connectivity index (χ1n) is 9.21. The molecule has 0 aliphatic heterocycles. The van der Waals surface area contributed by atoms with Gasteiger partial charge in [0.05, 0.1) is 13.2 Å². The average molecular weight is 424 g/mol. The maximum Gasteiger partial charge on any atom is 0.339 e. The molecule has 1 aromatic heterocycles. The van der Waals surface area contributed by atoms with Crippen LogP contribution >= 0.6 is 18.9 Å². The van der Waals surface area contributed by atoms with Crippen LogP contribution in [0.25, 0.3) is 10.1 Å². The van der Waals surface area contributed by atoms with Crippen LogP contribution in [0.5, 0.6) is 0 Å². The van der Waals surface area contributed by atoms with Crippen LogP contribution in [-0.2, 0) is 20.0 Å². The van der Waals surface area contributed by atoms with Crippen LogP contribution < -0.4 is 0 Å². The number of rotatable bonds is 8. The Labute approximate surface area is 167 Å². The average Bonchev–Trinajstić information content (AvgIpc) is 3.00. The van der Waals surface area contributed by atoms with Gasteiger partial charge in [0.2, 0.25) is 0 Å². The number of benzene rings is 2. The summed E-state index contributed by atoms with van der Waals surface area (Å²) in [5, 5.41) is 1.05. The third-order valence-corrected chi connectivity index (χ3v) is 8.63. The van der Waals surface area contributed by atoms with Crippen molar-refractivity contribution in [2.24, 2.45) is 0 Å². The first-order valence-corrected chi connectivity index (χ1v) is 11.6. The summed E-state index contributed by atoms with van der Waals surface area (Å²) in [5.41, 5.74) is 0.393. The second kappa shape index (κ2) is 8.83. The van der Waals surface area contributed by atoms with Crippen molar-refractivity contribution in [1.82, 2.24) is 0 Å². The quantitative estimate of drug-likeness (QED) is 0.364. The Morgan fingerprint density at radius 2 is 1.71 bits per heavy atom. The molecule has 0 spiro atoms. The Morgan fingerprint density at radius 1 is 1.04 bits per heavy atom. The van der Waals surface area contributed by atoms with E-state index < -0.39 is 24.9 Å². The number of hydrogen-bond acceptors (Lipinski definition) is 4. The van der Waals surface area contributed by atoms with Gasteiger partial charge in [-0.25, -0.2) is 8.78 Å². The molecule has 0 fully saturated rings. The molecule has 1 atom stereocenters. The fourth-order valence-corrected chi connectivity index (χ4v) is 7.15. The standard InChI is InChI=1S/C21H23F2O3PS/c1-4-25-27(24,26-5-2)18(13-15-9-8-11-17(22)20(15)23)21-14(3)16-10-6-7-12-19(16)28-21/h6-12,18H,4-5,13H2,1-3H3. The summed E-state index contributed by atoms with van der Waals surface area (Å²) in [6.45, 7) is 5.82. The van der Waals surface area contributed by atoms with Crippen molar-refractivity contribution in [3.8, 4) is 0 Å². The molecule has 0 saturated heterocycles. The maximum absolute atomic E-state index is 14.4. The first kappa shape index (κ1) is 21.1. The first-order chi connectivity index (χ1) is 13.4. The van der Waals surface area contributed by atoms with Gasteiger partial charge in [-0.3, -0.25) is 4.57 Å². The van der Waals surface area contributed by atoms with Gasteiger partial charge in [0.25, 0.3) is 0 Å². The SMILES string of the molecule is CCOP(=O)(OCC)C(Cc1cccc(F)c1F)c1sc2ccccc2c1C. The van der Waals surface area contributed by atoms with Crippen LogP contribution in [-0.4, -0.2) is 13.2 Å².